The minimum atomic E-state index is 0.442. The fraction of sp³-hybridized carbons (Fsp3) is 0.200. The van der Waals surface area contributed by atoms with Crippen LogP contribution < -0.4 is 0 Å². The predicted molar refractivity (Wildman–Crippen MR) is 64.6 cm³/mol. The van der Waals surface area contributed by atoms with E-state index in [-0.39, 0.29) is 0 Å². The molecule has 0 fully saturated rings. The van der Waals surface area contributed by atoms with Gasteiger partial charge in [-0.1, -0.05) is 11.6 Å². The molecule has 2 heterocycles. The summed E-state index contributed by atoms with van der Waals surface area (Å²) in [7, 11) is 0. The highest BCUT2D eigenvalue weighted by atomic mass is 35.5. The number of alkyl halides is 1. The highest BCUT2D eigenvalue weighted by molar-refractivity contribution is 7.19. The van der Waals surface area contributed by atoms with Gasteiger partial charge in [-0.25, -0.2) is 9.97 Å². The summed E-state index contributed by atoms with van der Waals surface area (Å²) in [5.41, 5.74) is 1.88. The summed E-state index contributed by atoms with van der Waals surface area (Å²) in [6.07, 6.45) is 1.76. The SMILES string of the molecule is Cc1nc(-c2ccc(Cl)s2)ncc1CCl. The molecule has 0 N–H and O–H groups in total. The average Bonchev–Trinajstić information content (AvgIpc) is 2.65. The molecule has 5 heteroatoms. The topological polar surface area (TPSA) is 25.8 Å². The van der Waals surface area contributed by atoms with Crippen molar-refractivity contribution < 1.29 is 0 Å². The van der Waals surface area contributed by atoms with Crippen molar-refractivity contribution in [1.82, 2.24) is 9.97 Å². The zero-order chi connectivity index (χ0) is 10.8. The fourth-order valence-electron chi connectivity index (χ4n) is 1.18. The molecular weight excluding hydrogens is 251 g/mol. The van der Waals surface area contributed by atoms with Crippen molar-refractivity contribution in [2.45, 2.75) is 12.8 Å². The lowest BCUT2D eigenvalue weighted by Crippen LogP contribution is -1.94. The molecule has 0 spiro atoms. The smallest absolute Gasteiger partial charge is 0.169 e. The van der Waals surface area contributed by atoms with Crippen molar-refractivity contribution in [1.29, 1.82) is 0 Å². The number of halogens is 2. The highest BCUT2D eigenvalue weighted by Gasteiger charge is 2.06. The standard InChI is InChI=1S/C10H8Cl2N2S/c1-6-7(4-11)5-13-10(14-6)8-2-3-9(12)15-8/h2-3,5H,4H2,1H3. The van der Waals surface area contributed by atoms with Gasteiger partial charge in [-0.15, -0.1) is 22.9 Å². The summed E-state index contributed by atoms with van der Waals surface area (Å²) in [5.74, 6) is 1.15. The minimum absolute atomic E-state index is 0.442. The second-order valence-electron chi connectivity index (χ2n) is 3.04. The number of hydrogen-bond acceptors (Lipinski definition) is 3. The van der Waals surface area contributed by atoms with Crippen LogP contribution in [-0.2, 0) is 5.88 Å². The Balaban J connectivity index is 2.42. The minimum Gasteiger partial charge on any atom is -0.236 e. The van der Waals surface area contributed by atoms with Gasteiger partial charge in [0.2, 0.25) is 0 Å². The van der Waals surface area contributed by atoms with Gasteiger partial charge in [0.25, 0.3) is 0 Å². The van der Waals surface area contributed by atoms with E-state index in [0.29, 0.717) is 11.7 Å². The van der Waals surface area contributed by atoms with E-state index in [0.717, 1.165) is 20.5 Å². The first-order valence-corrected chi connectivity index (χ1v) is 6.08. The monoisotopic (exact) mass is 258 g/mol. The molecule has 0 saturated carbocycles. The van der Waals surface area contributed by atoms with Crippen LogP contribution in [0, 0.1) is 6.92 Å². The molecule has 0 aliphatic carbocycles. The largest absolute Gasteiger partial charge is 0.236 e. The molecule has 0 aliphatic rings. The van der Waals surface area contributed by atoms with Gasteiger partial charge >= 0.3 is 0 Å². The van der Waals surface area contributed by atoms with E-state index in [2.05, 4.69) is 9.97 Å². The van der Waals surface area contributed by atoms with Crippen LogP contribution in [0.2, 0.25) is 4.34 Å². The Kier molecular flexibility index (Phi) is 3.24. The van der Waals surface area contributed by atoms with Crippen molar-refractivity contribution in [2.75, 3.05) is 0 Å². The zero-order valence-corrected chi connectivity index (χ0v) is 10.3. The van der Waals surface area contributed by atoms with Crippen LogP contribution in [0.5, 0.6) is 0 Å². The van der Waals surface area contributed by atoms with Crippen molar-refractivity contribution in [3.63, 3.8) is 0 Å². The molecule has 0 amide bonds. The Bertz CT molecular complexity index is 482. The molecule has 0 aromatic carbocycles. The van der Waals surface area contributed by atoms with Gasteiger partial charge in [0.15, 0.2) is 5.82 Å². The maximum absolute atomic E-state index is 5.85. The number of nitrogens with zero attached hydrogens (tertiary/aromatic N) is 2. The summed E-state index contributed by atoms with van der Waals surface area (Å²) in [6.45, 7) is 1.93. The van der Waals surface area contributed by atoms with E-state index in [9.17, 15) is 0 Å². The Hall–Kier alpha value is -0.640. The third-order valence-corrected chi connectivity index (χ3v) is 3.53. The summed E-state index contributed by atoms with van der Waals surface area (Å²) in [6, 6.07) is 3.76. The zero-order valence-electron chi connectivity index (χ0n) is 8.00. The average molecular weight is 259 g/mol. The van der Waals surface area contributed by atoms with Crippen LogP contribution in [-0.4, -0.2) is 9.97 Å². The first kappa shape index (κ1) is 10.9. The molecular formula is C10H8Cl2N2S. The Morgan fingerprint density at radius 2 is 2.20 bits per heavy atom. The van der Waals surface area contributed by atoms with Crippen molar-refractivity contribution in [3.05, 3.63) is 33.9 Å². The first-order valence-electron chi connectivity index (χ1n) is 4.35. The normalized spacial score (nSPS) is 10.6. The molecule has 2 aromatic rings. The summed E-state index contributed by atoms with van der Waals surface area (Å²) in [4.78, 5) is 9.61. The van der Waals surface area contributed by atoms with Crippen LogP contribution in [0.3, 0.4) is 0 Å². The molecule has 0 radical (unpaired) electrons. The lowest BCUT2D eigenvalue weighted by atomic mass is 10.3. The number of rotatable bonds is 2. The Labute approximate surface area is 102 Å². The molecule has 15 heavy (non-hydrogen) atoms. The van der Waals surface area contributed by atoms with Gasteiger partial charge in [0.05, 0.1) is 15.1 Å². The second-order valence-corrected chi connectivity index (χ2v) is 5.02. The molecule has 2 nitrogen and oxygen atoms in total. The van der Waals surface area contributed by atoms with E-state index in [1.54, 1.807) is 6.20 Å². The Morgan fingerprint density at radius 3 is 2.73 bits per heavy atom. The molecule has 78 valence electrons. The third kappa shape index (κ3) is 2.30. The predicted octanol–water partition coefficient (Wildman–Crippen LogP) is 3.91. The maximum atomic E-state index is 5.85. The van der Waals surface area contributed by atoms with E-state index >= 15 is 0 Å². The molecule has 0 aliphatic heterocycles. The molecule has 0 saturated heterocycles. The van der Waals surface area contributed by atoms with Crippen LogP contribution >= 0.6 is 34.5 Å². The number of aromatic nitrogens is 2. The summed E-state index contributed by atoms with van der Waals surface area (Å²) < 4.78 is 0.743. The molecule has 2 aromatic heterocycles. The van der Waals surface area contributed by atoms with Crippen molar-refractivity contribution in [2.24, 2.45) is 0 Å². The van der Waals surface area contributed by atoms with Gasteiger partial charge in [-0.05, 0) is 19.1 Å². The lowest BCUT2D eigenvalue weighted by molar-refractivity contribution is 1.06. The Morgan fingerprint density at radius 1 is 1.40 bits per heavy atom. The summed E-state index contributed by atoms with van der Waals surface area (Å²) >= 11 is 13.1. The number of aryl methyl sites for hydroxylation is 1. The van der Waals surface area contributed by atoms with Crippen LogP contribution in [0.15, 0.2) is 18.3 Å². The van der Waals surface area contributed by atoms with Gasteiger partial charge < -0.3 is 0 Å². The molecule has 0 bridgehead atoms. The van der Waals surface area contributed by atoms with Crippen molar-refractivity contribution in [3.8, 4) is 10.7 Å². The van der Waals surface area contributed by atoms with Crippen molar-refractivity contribution >= 4 is 34.5 Å². The van der Waals surface area contributed by atoms with Gasteiger partial charge in [0.1, 0.15) is 0 Å². The van der Waals surface area contributed by atoms with E-state index in [1.165, 1.54) is 11.3 Å². The molecule has 0 atom stereocenters. The fourth-order valence-corrected chi connectivity index (χ4v) is 2.42. The number of thiophene rings is 1. The van der Waals surface area contributed by atoms with Crippen LogP contribution in [0.4, 0.5) is 0 Å². The maximum Gasteiger partial charge on any atom is 0.169 e. The quantitative estimate of drug-likeness (QED) is 0.764. The van der Waals surface area contributed by atoms with Crippen LogP contribution in [0.25, 0.3) is 10.7 Å². The molecule has 0 unspecified atom stereocenters. The first-order chi connectivity index (χ1) is 7.20. The third-order valence-electron chi connectivity index (χ3n) is 2.02. The van der Waals surface area contributed by atoms with E-state index in [4.69, 9.17) is 23.2 Å². The lowest BCUT2D eigenvalue weighted by Gasteiger charge is -2.02. The van der Waals surface area contributed by atoms with Gasteiger partial charge in [-0.2, -0.15) is 0 Å². The highest BCUT2D eigenvalue weighted by Crippen LogP contribution is 2.28. The van der Waals surface area contributed by atoms with E-state index < -0.39 is 0 Å². The van der Waals surface area contributed by atoms with Crippen LogP contribution in [0.1, 0.15) is 11.3 Å². The van der Waals surface area contributed by atoms with Gasteiger partial charge in [-0.3, -0.25) is 0 Å². The van der Waals surface area contributed by atoms with E-state index in [1.807, 2.05) is 19.1 Å². The summed E-state index contributed by atoms with van der Waals surface area (Å²) in [5, 5.41) is 0. The molecule has 2 rings (SSSR count). The second kappa shape index (κ2) is 4.47. The van der Waals surface area contributed by atoms with Gasteiger partial charge in [0, 0.05) is 17.5 Å². The number of hydrogen-bond donors (Lipinski definition) is 0.